The average molecular weight is 378 g/mol. The van der Waals surface area contributed by atoms with Gasteiger partial charge in [0.15, 0.2) is 0 Å². The molecule has 2 aromatic rings. The molecule has 0 saturated carbocycles. The third-order valence-electron chi connectivity index (χ3n) is 2.07. The number of hydrogen-bond donors (Lipinski definition) is 1. The average Bonchev–Trinajstić information content (AvgIpc) is 2.65. The van der Waals surface area contributed by atoms with Crippen LogP contribution in [0.4, 0.5) is 0 Å². The van der Waals surface area contributed by atoms with Gasteiger partial charge in [0.1, 0.15) is 0 Å². The van der Waals surface area contributed by atoms with Gasteiger partial charge in [0, 0.05) is 17.2 Å². The van der Waals surface area contributed by atoms with Gasteiger partial charge in [0.25, 0.3) is 0 Å². The first-order chi connectivity index (χ1) is 7.20. The summed E-state index contributed by atoms with van der Waals surface area (Å²) in [6.07, 6.45) is 3.80. The topological polar surface area (TPSA) is 43.8 Å². The lowest BCUT2D eigenvalue weighted by atomic mass is 10.2. The van der Waals surface area contributed by atoms with E-state index in [1.165, 1.54) is 0 Å². The van der Waals surface area contributed by atoms with Gasteiger partial charge in [-0.3, -0.25) is 0 Å². The molecular formula is C10H9BrIN3. The SMILES string of the molecule is NCc1ccc(-n2cc(I)cn2)cc1Br. The van der Waals surface area contributed by atoms with E-state index in [1.54, 1.807) is 0 Å². The van der Waals surface area contributed by atoms with Gasteiger partial charge in [-0.15, -0.1) is 0 Å². The molecule has 78 valence electrons. The molecule has 0 saturated heterocycles. The van der Waals surface area contributed by atoms with Crippen LogP contribution in [-0.2, 0) is 6.54 Å². The van der Waals surface area contributed by atoms with E-state index in [-0.39, 0.29) is 0 Å². The lowest BCUT2D eigenvalue weighted by molar-refractivity contribution is 0.877. The van der Waals surface area contributed by atoms with Gasteiger partial charge in [-0.05, 0) is 40.3 Å². The number of hydrogen-bond acceptors (Lipinski definition) is 2. The monoisotopic (exact) mass is 377 g/mol. The summed E-state index contributed by atoms with van der Waals surface area (Å²) in [7, 11) is 0. The Bertz CT molecular complexity index is 481. The highest BCUT2D eigenvalue weighted by Crippen LogP contribution is 2.20. The maximum atomic E-state index is 5.59. The second-order valence-electron chi connectivity index (χ2n) is 3.08. The molecule has 15 heavy (non-hydrogen) atoms. The molecule has 0 bridgehead atoms. The lowest BCUT2D eigenvalue weighted by Gasteiger charge is -2.05. The first-order valence-corrected chi connectivity index (χ1v) is 6.27. The Morgan fingerprint density at radius 2 is 2.27 bits per heavy atom. The molecule has 1 aromatic carbocycles. The molecule has 2 rings (SSSR count). The molecule has 0 fully saturated rings. The zero-order valence-corrected chi connectivity index (χ0v) is 11.6. The number of halogens is 2. The predicted molar refractivity (Wildman–Crippen MR) is 71.9 cm³/mol. The zero-order chi connectivity index (χ0) is 10.8. The van der Waals surface area contributed by atoms with Crippen molar-refractivity contribution in [1.29, 1.82) is 0 Å². The van der Waals surface area contributed by atoms with Gasteiger partial charge in [0.05, 0.1) is 15.5 Å². The van der Waals surface area contributed by atoms with Crippen molar-refractivity contribution >= 4 is 38.5 Å². The highest BCUT2D eigenvalue weighted by Gasteiger charge is 2.02. The Balaban J connectivity index is 2.42. The molecule has 0 aliphatic carbocycles. The first kappa shape index (κ1) is 11.1. The van der Waals surface area contributed by atoms with E-state index in [0.29, 0.717) is 6.54 Å². The summed E-state index contributed by atoms with van der Waals surface area (Å²) in [5, 5.41) is 4.24. The highest BCUT2D eigenvalue weighted by atomic mass is 127. The van der Waals surface area contributed by atoms with Crippen LogP contribution in [0.25, 0.3) is 5.69 Å². The molecule has 0 amide bonds. The Morgan fingerprint density at radius 1 is 1.47 bits per heavy atom. The molecule has 0 unspecified atom stereocenters. The van der Waals surface area contributed by atoms with Crippen molar-refractivity contribution in [1.82, 2.24) is 9.78 Å². The predicted octanol–water partition coefficient (Wildman–Crippen LogP) is 2.70. The molecule has 5 heteroatoms. The molecule has 0 atom stereocenters. The number of nitrogens with two attached hydrogens (primary N) is 1. The smallest absolute Gasteiger partial charge is 0.0657 e. The van der Waals surface area contributed by atoms with E-state index in [4.69, 9.17) is 5.73 Å². The zero-order valence-electron chi connectivity index (χ0n) is 7.82. The molecule has 1 heterocycles. The standard InChI is InChI=1S/C10H9BrIN3/c11-10-3-9(2-1-7(10)4-13)15-6-8(12)5-14-15/h1-3,5-6H,4,13H2. The van der Waals surface area contributed by atoms with Crippen LogP contribution >= 0.6 is 38.5 Å². The van der Waals surface area contributed by atoms with Crippen molar-refractivity contribution in [2.24, 2.45) is 5.73 Å². The summed E-state index contributed by atoms with van der Waals surface area (Å²) < 4.78 is 3.98. The Hall–Kier alpha value is -0.400. The van der Waals surface area contributed by atoms with E-state index in [0.717, 1.165) is 19.3 Å². The number of benzene rings is 1. The van der Waals surface area contributed by atoms with Crippen LogP contribution in [-0.4, -0.2) is 9.78 Å². The summed E-state index contributed by atoms with van der Waals surface area (Å²) in [6.45, 7) is 0.539. The summed E-state index contributed by atoms with van der Waals surface area (Å²) >= 11 is 5.72. The minimum Gasteiger partial charge on any atom is -0.326 e. The molecule has 2 N–H and O–H groups in total. The van der Waals surface area contributed by atoms with Gasteiger partial charge in [0.2, 0.25) is 0 Å². The van der Waals surface area contributed by atoms with Crippen LogP contribution in [0.5, 0.6) is 0 Å². The fourth-order valence-electron chi connectivity index (χ4n) is 1.29. The largest absolute Gasteiger partial charge is 0.326 e. The lowest BCUT2D eigenvalue weighted by Crippen LogP contribution is -1.99. The van der Waals surface area contributed by atoms with Crippen molar-refractivity contribution in [3.63, 3.8) is 0 Å². The van der Waals surface area contributed by atoms with Crippen LogP contribution in [0, 0.1) is 3.57 Å². The number of aromatic nitrogens is 2. The van der Waals surface area contributed by atoms with Crippen molar-refractivity contribution in [2.75, 3.05) is 0 Å². The maximum Gasteiger partial charge on any atom is 0.0657 e. The van der Waals surface area contributed by atoms with Gasteiger partial charge in [-0.25, -0.2) is 4.68 Å². The van der Waals surface area contributed by atoms with E-state index >= 15 is 0 Å². The molecule has 0 radical (unpaired) electrons. The fourth-order valence-corrected chi connectivity index (χ4v) is 2.20. The molecule has 0 aliphatic heterocycles. The van der Waals surface area contributed by atoms with Crippen LogP contribution in [0.1, 0.15) is 5.56 Å². The minimum absolute atomic E-state index is 0.539. The van der Waals surface area contributed by atoms with Crippen molar-refractivity contribution in [3.8, 4) is 5.69 Å². The normalized spacial score (nSPS) is 10.6. The van der Waals surface area contributed by atoms with E-state index in [2.05, 4.69) is 43.6 Å². The van der Waals surface area contributed by atoms with Gasteiger partial charge in [-0.2, -0.15) is 5.10 Å². The van der Waals surface area contributed by atoms with Crippen molar-refractivity contribution in [2.45, 2.75) is 6.54 Å². The Morgan fingerprint density at radius 3 is 2.80 bits per heavy atom. The van der Waals surface area contributed by atoms with Crippen molar-refractivity contribution < 1.29 is 0 Å². The number of rotatable bonds is 2. The van der Waals surface area contributed by atoms with Crippen LogP contribution < -0.4 is 5.73 Å². The maximum absolute atomic E-state index is 5.59. The molecule has 0 aliphatic rings. The van der Waals surface area contributed by atoms with Crippen LogP contribution in [0.3, 0.4) is 0 Å². The molecular weight excluding hydrogens is 369 g/mol. The van der Waals surface area contributed by atoms with Gasteiger partial charge >= 0.3 is 0 Å². The minimum atomic E-state index is 0.539. The summed E-state index contributed by atoms with van der Waals surface area (Å²) in [5.41, 5.74) is 7.72. The summed E-state index contributed by atoms with van der Waals surface area (Å²) in [5.74, 6) is 0. The molecule has 3 nitrogen and oxygen atoms in total. The molecule has 1 aromatic heterocycles. The summed E-state index contributed by atoms with van der Waals surface area (Å²) in [6, 6.07) is 6.04. The van der Waals surface area contributed by atoms with E-state index in [9.17, 15) is 0 Å². The number of nitrogens with zero attached hydrogens (tertiary/aromatic N) is 2. The van der Waals surface area contributed by atoms with E-state index < -0.39 is 0 Å². The molecule has 0 spiro atoms. The third-order valence-corrected chi connectivity index (χ3v) is 3.37. The third kappa shape index (κ3) is 2.40. The summed E-state index contributed by atoms with van der Waals surface area (Å²) in [4.78, 5) is 0. The van der Waals surface area contributed by atoms with Crippen LogP contribution in [0.15, 0.2) is 35.1 Å². The van der Waals surface area contributed by atoms with E-state index in [1.807, 2.05) is 35.3 Å². The second-order valence-corrected chi connectivity index (χ2v) is 5.18. The van der Waals surface area contributed by atoms with Gasteiger partial charge < -0.3 is 5.73 Å². The van der Waals surface area contributed by atoms with Crippen molar-refractivity contribution in [3.05, 3.63) is 44.2 Å². The van der Waals surface area contributed by atoms with Crippen LogP contribution in [0.2, 0.25) is 0 Å². The quantitative estimate of drug-likeness (QED) is 0.818. The Labute approximate surface area is 110 Å². The highest BCUT2D eigenvalue weighted by molar-refractivity contribution is 14.1. The second kappa shape index (κ2) is 4.63. The first-order valence-electron chi connectivity index (χ1n) is 4.40. The van der Waals surface area contributed by atoms with Gasteiger partial charge in [-0.1, -0.05) is 22.0 Å². The fraction of sp³-hybridized carbons (Fsp3) is 0.100. The Kier molecular flexibility index (Phi) is 3.42.